The number of carboxylic acid groups (broad SMARTS) is 2. The number of hydrogen-bond donors (Lipinski definition) is 2. The van der Waals surface area contributed by atoms with Gasteiger partial charge in [0.15, 0.2) is 0 Å². The van der Waals surface area contributed by atoms with Crippen LogP contribution in [0.15, 0.2) is 0 Å². The lowest BCUT2D eigenvalue weighted by atomic mass is 10.3. The molecule has 0 aromatic heterocycles. The fourth-order valence-corrected chi connectivity index (χ4v) is 2.64. The third-order valence-corrected chi connectivity index (χ3v) is 4.60. The molecule has 0 bridgehead atoms. The summed E-state index contributed by atoms with van der Waals surface area (Å²) in [6.07, 6.45) is 1.77. The molecule has 0 fully saturated rings. The van der Waals surface area contributed by atoms with Crippen LogP contribution in [0.25, 0.3) is 0 Å². The van der Waals surface area contributed by atoms with E-state index >= 15 is 0 Å². The van der Waals surface area contributed by atoms with E-state index < -0.39 is 12.2 Å². The first-order chi connectivity index (χ1) is 16.0. The molecule has 11 heteroatoms. The van der Waals surface area contributed by atoms with Gasteiger partial charge in [0.2, 0.25) is 0 Å². The van der Waals surface area contributed by atoms with Crippen molar-refractivity contribution in [3.05, 3.63) is 0 Å². The van der Waals surface area contributed by atoms with Crippen LogP contribution < -0.4 is 0 Å². The summed E-state index contributed by atoms with van der Waals surface area (Å²) in [5.74, 6) is 0. The van der Waals surface area contributed by atoms with Crippen molar-refractivity contribution in [1.82, 2.24) is 9.80 Å². The molecule has 33 heavy (non-hydrogen) atoms. The maximum Gasteiger partial charge on any atom is 0.407 e. The highest BCUT2D eigenvalue weighted by Crippen LogP contribution is 1.97. The predicted octanol–water partition coefficient (Wildman–Crippen LogP) is 2.63. The van der Waals surface area contributed by atoms with E-state index in [-0.39, 0.29) is 0 Å². The standard InChI is InChI=1S/C22H44N2O9/c1-3-5-7-23(21(25)26)9-11-29-13-15-31-17-19-33-20-18-32-16-14-30-12-10-24(22(27)28)8-6-4-2/h3-20H2,1-2H3,(H,25,26)(H,27,28). The quantitative estimate of drug-likeness (QED) is 0.200. The molecule has 0 rings (SSSR count). The Morgan fingerprint density at radius 3 is 1.03 bits per heavy atom. The Labute approximate surface area is 197 Å². The van der Waals surface area contributed by atoms with Gasteiger partial charge in [0, 0.05) is 26.2 Å². The summed E-state index contributed by atoms with van der Waals surface area (Å²) in [6, 6.07) is 0. The lowest BCUT2D eigenvalue weighted by molar-refractivity contribution is -0.0129. The number of ether oxygens (including phenoxy) is 5. The molecule has 0 aliphatic rings. The molecule has 2 N–H and O–H groups in total. The van der Waals surface area contributed by atoms with Gasteiger partial charge in [0.25, 0.3) is 0 Å². The monoisotopic (exact) mass is 480 g/mol. The Balaban J connectivity index is 3.35. The van der Waals surface area contributed by atoms with Crippen LogP contribution in [-0.4, -0.2) is 124 Å². The molecule has 2 amide bonds. The average molecular weight is 481 g/mol. The summed E-state index contributed by atoms with van der Waals surface area (Å²) in [4.78, 5) is 24.9. The molecule has 0 heterocycles. The van der Waals surface area contributed by atoms with E-state index in [0.717, 1.165) is 25.7 Å². The van der Waals surface area contributed by atoms with Crippen LogP contribution in [0, 0.1) is 0 Å². The zero-order valence-corrected chi connectivity index (χ0v) is 20.4. The third kappa shape index (κ3) is 20.7. The van der Waals surface area contributed by atoms with Crippen molar-refractivity contribution >= 4 is 12.2 Å². The average Bonchev–Trinajstić information content (AvgIpc) is 2.79. The minimum atomic E-state index is -0.915. The molecule has 0 aromatic carbocycles. The van der Waals surface area contributed by atoms with E-state index in [1.165, 1.54) is 9.80 Å². The van der Waals surface area contributed by atoms with Gasteiger partial charge in [0.05, 0.1) is 66.1 Å². The zero-order chi connectivity index (χ0) is 24.6. The van der Waals surface area contributed by atoms with E-state index in [9.17, 15) is 9.59 Å². The highest BCUT2D eigenvalue weighted by Gasteiger charge is 2.10. The first-order valence-corrected chi connectivity index (χ1v) is 11.9. The van der Waals surface area contributed by atoms with Gasteiger partial charge in [-0.2, -0.15) is 0 Å². The lowest BCUT2D eigenvalue weighted by Gasteiger charge is -2.18. The number of rotatable bonds is 24. The van der Waals surface area contributed by atoms with E-state index in [0.29, 0.717) is 92.2 Å². The Morgan fingerprint density at radius 2 is 0.788 bits per heavy atom. The van der Waals surface area contributed by atoms with Crippen LogP contribution >= 0.6 is 0 Å². The molecule has 0 aliphatic carbocycles. The molecule has 0 aromatic rings. The maximum atomic E-state index is 11.1. The molecule has 0 unspecified atom stereocenters. The highest BCUT2D eigenvalue weighted by atomic mass is 16.6. The molecule has 0 spiro atoms. The van der Waals surface area contributed by atoms with Crippen LogP contribution in [0.1, 0.15) is 39.5 Å². The molecule has 0 saturated carbocycles. The van der Waals surface area contributed by atoms with Crippen molar-refractivity contribution in [2.75, 3.05) is 92.2 Å². The zero-order valence-electron chi connectivity index (χ0n) is 20.4. The van der Waals surface area contributed by atoms with Crippen LogP contribution in [0.3, 0.4) is 0 Å². The van der Waals surface area contributed by atoms with Crippen molar-refractivity contribution in [3.8, 4) is 0 Å². The Hall–Kier alpha value is -1.66. The van der Waals surface area contributed by atoms with Crippen molar-refractivity contribution < 1.29 is 43.5 Å². The maximum absolute atomic E-state index is 11.1. The van der Waals surface area contributed by atoms with E-state index in [4.69, 9.17) is 33.9 Å². The summed E-state index contributed by atoms with van der Waals surface area (Å²) in [7, 11) is 0. The van der Waals surface area contributed by atoms with Crippen molar-refractivity contribution in [1.29, 1.82) is 0 Å². The molecule has 0 saturated heterocycles. The van der Waals surface area contributed by atoms with E-state index in [2.05, 4.69) is 0 Å². The van der Waals surface area contributed by atoms with Gasteiger partial charge in [-0.25, -0.2) is 9.59 Å². The number of carbonyl (C=O) groups is 2. The van der Waals surface area contributed by atoms with Gasteiger partial charge >= 0.3 is 12.2 Å². The van der Waals surface area contributed by atoms with Gasteiger partial charge in [-0.3, -0.25) is 0 Å². The van der Waals surface area contributed by atoms with Gasteiger partial charge in [-0.05, 0) is 12.8 Å². The predicted molar refractivity (Wildman–Crippen MR) is 123 cm³/mol. The Bertz CT molecular complexity index is 429. The van der Waals surface area contributed by atoms with Gasteiger partial charge in [-0.1, -0.05) is 26.7 Å². The summed E-state index contributed by atoms with van der Waals surface area (Å²) in [6.45, 7) is 10.0. The number of hydrogen-bond acceptors (Lipinski definition) is 7. The smallest absolute Gasteiger partial charge is 0.407 e. The van der Waals surface area contributed by atoms with Crippen molar-refractivity contribution in [2.24, 2.45) is 0 Å². The number of nitrogens with zero attached hydrogens (tertiary/aromatic N) is 2. The summed E-state index contributed by atoms with van der Waals surface area (Å²) in [5.41, 5.74) is 0. The van der Waals surface area contributed by atoms with Crippen LogP contribution in [0.4, 0.5) is 9.59 Å². The molecule has 0 radical (unpaired) electrons. The van der Waals surface area contributed by atoms with Gasteiger partial charge < -0.3 is 43.7 Å². The first kappa shape index (κ1) is 31.3. The number of unbranched alkanes of at least 4 members (excludes halogenated alkanes) is 2. The summed E-state index contributed by atoms with van der Waals surface area (Å²) >= 11 is 0. The third-order valence-electron chi connectivity index (χ3n) is 4.60. The van der Waals surface area contributed by atoms with E-state index in [1.54, 1.807) is 0 Å². The molecular formula is C22H44N2O9. The fourth-order valence-electron chi connectivity index (χ4n) is 2.64. The Morgan fingerprint density at radius 1 is 0.515 bits per heavy atom. The van der Waals surface area contributed by atoms with Crippen molar-refractivity contribution in [2.45, 2.75) is 39.5 Å². The SMILES string of the molecule is CCCCN(CCOCCOCCOCCOCCOCCN(CCCC)C(=O)O)C(=O)O. The second-order valence-electron chi connectivity index (χ2n) is 7.31. The topological polar surface area (TPSA) is 127 Å². The minimum absolute atomic E-state index is 0.355. The fraction of sp³-hybridized carbons (Fsp3) is 0.909. The van der Waals surface area contributed by atoms with Crippen LogP contribution in [-0.2, 0) is 23.7 Å². The van der Waals surface area contributed by atoms with Crippen molar-refractivity contribution in [3.63, 3.8) is 0 Å². The molecular weight excluding hydrogens is 436 g/mol. The lowest BCUT2D eigenvalue weighted by Crippen LogP contribution is -2.33. The van der Waals surface area contributed by atoms with E-state index in [1.807, 2.05) is 13.8 Å². The van der Waals surface area contributed by atoms with Crippen LogP contribution in [0.2, 0.25) is 0 Å². The first-order valence-electron chi connectivity index (χ1n) is 11.9. The van der Waals surface area contributed by atoms with Crippen LogP contribution in [0.5, 0.6) is 0 Å². The minimum Gasteiger partial charge on any atom is -0.465 e. The molecule has 0 atom stereocenters. The summed E-state index contributed by atoms with van der Waals surface area (Å²) < 4.78 is 27.0. The largest absolute Gasteiger partial charge is 0.465 e. The second-order valence-corrected chi connectivity index (χ2v) is 7.31. The highest BCUT2D eigenvalue weighted by molar-refractivity contribution is 5.65. The summed E-state index contributed by atoms with van der Waals surface area (Å²) in [5, 5.41) is 18.2. The normalized spacial score (nSPS) is 11.0. The Kier molecular flexibility index (Phi) is 22.3. The van der Waals surface area contributed by atoms with Gasteiger partial charge in [-0.15, -0.1) is 0 Å². The van der Waals surface area contributed by atoms with Gasteiger partial charge in [0.1, 0.15) is 0 Å². The molecule has 0 aliphatic heterocycles. The molecule has 11 nitrogen and oxygen atoms in total. The number of amides is 2. The second kappa shape index (κ2) is 23.5. The molecule has 196 valence electrons.